The molecule has 2 aliphatic rings. The molecule has 4 unspecified atom stereocenters. The Hall–Kier alpha value is -3.20. The summed E-state index contributed by atoms with van der Waals surface area (Å²) in [5.41, 5.74) is 4.97. The Balaban J connectivity index is 1.85. The van der Waals surface area contributed by atoms with Crippen LogP contribution in [0.1, 0.15) is 90.8 Å². The van der Waals surface area contributed by atoms with Gasteiger partial charge in [-0.2, -0.15) is 0 Å². The van der Waals surface area contributed by atoms with E-state index in [0.29, 0.717) is 32.2 Å². The average Bonchev–Trinajstić information content (AvgIpc) is 2.89. The zero-order valence-electron chi connectivity index (χ0n) is 24.2. The predicted molar refractivity (Wildman–Crippen MR) is 152 cm³/mol. The number of amides is 4. The van der Waals surface area contributed by atoms with E-state index in [9.17, 15) is 19.2 Å². The van der Waals surface area contributed by atoms with Gasteiger partial charge in [-0.3, -0.25) is 24.2 Å². The lowest BCUT2D eigenvalue weighted by Crippen LogP contribution is -2.62. The van der Waals surface area contributed by atoms with Crippen molar-refractivity contribution in [2.24, 2.45) is 11.3 Å². The maximum atomic E-state index is 13.2. The summed E-state index contributed by atoms with van der Waals surface area (Å²) in [6, 6.07) is 5.71. The van der Waals surface area contributed by atoms with Gasteiger partial charge < -0.3 is 16.0 Å². The summed E-state index contributed by atoms with van der Waals surface area (Å²) in [6.07, 6.45) is 7.20. The van der Waals surface area contributed by atoms with Gasteiger partial charge in [-0.05, 0) is 68.1 Å². The molecule has 0 spiro atoms. The minimum Gasteiger partial charge on any atom is -0.348 e. The lowest BCUT2D eigenvalue weighted by molar-refractivity contribution is -0.143. The topological polar surface area (TPSA) is 120 Å². The van der Waals surface area contributed by atoms with Crippen molar-refractivity contribution in [2.45, 2.75) is 97.8 Å². The van der Waals surface area contributed by atoms with Crippen LogP contribution in [0.25, 0.3) is 6.08 Å². The molecule has 1 aromatic rings. The van der Waals surface area contributed by atoms with Crippen molar-refractivity contribution in [3.63, 3.8) is 0 Å². The Morgan fingerprint density at radius 3 is 2.41 bits per heavy atom. The molecule has 2 heterocycles. The maximum Gasteiger partial charge on any atom is 0.258 e. The number of fused-ring (bicyclic) bond motifs is 4. The second kappa shape index (κ2) is 13.2. The highest BCUT2D eigenvalue weighted by atomic mass is 16.2. The lowest BCUT2D eigenvalue weighted by Gasteiger charge is -2.35. The normalized spacial score (nSPS) is 27.6. The number of hydrazine groups is 1. The van der Waals surface area contributed by atoms with Gasteiger partial charge in [0.2, 0.25) is 17.7 Å². The summed E-state index contributed by atoms with van der Waals surface area (Å²) in [5.74, 6) is -1.24. The van der Waals surface area contributed by atoms with Crippen LogP contribution in [-0.2, 0) is 19.2 Å². The van der Waals surface area contributed by atoms with Gasteiger partial charge in [0, 0.05) is 13.0 Å². The molecule has 1 saturated heterocycles. The highest BCUT2D eigenvalue weighted by molar-refractivity contribution is 5.92. The fourth-order valence-electron chi connectivity index (χ4n) is 4.91. The summed E-state index contributed by atoms with van der Waals surface area (Å²) in [4.78, 5) is 52.2. The van der Waals surface area contributed by atoms with Crippen LogP contribution in [0.5, 0.6) is 0 Å². The molecule has 39 heavy (non-hydrogen) atoms. The molecule has 0 saturated carbocycles. The molecule has 9 nitrogen and oxygen atoms in total. The Morgan fingerprint density at radius 1 is 0.974 bits per heavy atom. The molecular formula is C30H45N5O4. The molecule has 0 aromatic heterocycles. The molecule has 1 aromatic carbocycles. The molecule has 4 amide bonds. The fourth-order valence-corrected chi connectivity index (χ4v) is 4.91. The Bertz CT molecular complexity index is 1080. The molecule has 4 bridgehead atoms. The van der Waals surface area contributed by atoms with E-state index in [0.717, 1.165) is 17.5 Å². The summed E-state index contributed by atoms with van der Waals surface area (Å²) in [6.45, 7) is 12.0. The number of nitrogens with zero attached hydrogens (tertiary/aromatic N) is 1. The van der Waals surface area contributed by atoms with E-state index in [4.69, 9.17) is 0 Å². The van der Waals surface area contributed by atoms with Crippen LogP contribution < -0.4 is 21.4 Å². The number of allylic oxidation sites excluding steroid dienone is 1. The SMILES string of the molecule is CC1NC(=O)C(C(C)C)NC(=O)CCC(C)(C)CC=Cc2cccc(c2)C(C)NC(=O)C2CCCN(N2)C1=O. The molecule has 4 atom stereocenters. The largest absolute Gasteiger partial charge is 0.348 e. The van der Waals surface area contributed by atoms with E-state index in [1.807, 2.05) is 39.0 Å². The van der Waals surface area contributed by atoms with E-state index in [2.05, 4.69) is 53.4 Å². The van der Waals surface area contributed by atoms with Crippen LogP contribution in [0.3, 0.4) is 0 Å². The molecule has 9 heteroatoms. The van der Waals surface area contributed by atoms with Gasteiger partial charge in [0.25, 0.3) is 5.91 Å². The van der Waals surface area contributed by atoms with E-state index in [1.54, 1.807) is 6.92 Å². The van der Waals surface area contributed by atoms with Gasteiger partial charge >= 0.3 is 0 Å². The Kier molecular flexibility index (Phi) is 10.3. The number of carbonyl (C=O) groups is 4. The standard InChI is InChI=1S/C30H45N5O4/c1-19(2)26-28(38)32-21(4)29(39)35-17-9-13-24(34-35)27(37)31-20(3)23-12-7-10-22(18-23)11-8-15-30(5,6)16-14-25(36)33-26/h7-8,10-12,18-21,24,26,34H,9,13-17H2,1-6H3,(H,31,37)(H,32,38)(H,33,36). The van der Waals surface area contributed by atoms with Crippen molar-refractivity contribution < 1.29 is 19.2 Å². The first kappa shape index (κ1) is 30.3. The van der Waals surface area contributed by atoms with Crippen molar-refractivity contribution in [3.05, 3.63) is 41.5 Å². The van der Waals surface area contributed by atoms with E-state index < -0.39 is 24.0 Å². The minimum atomic E-state index is -0.824. The first-order valence-corrected chi connectivity index (χ1v) is 14.1. The second-order valence-corrected chi connectivity index (χ2v) is 12.0. The van der Waals surface area contributed by atoms with Gasteiger partial charge in [-0.25, -0.2) is 5.43 Å². The molecule has 0 radical (unpaired) electrons. The summed E-state index contributed by atoms with van der Waals surface area (Å²) >= 11 is 0. The van der Waals surface area contributed by atoms with Crippen LogP contribution in [0.2, 0.25) is 0 Å². The van der Waals surface area contributed by atoms with Gasteiger partial charge in [0.1, 0.15) is 18.1 Å². The van der Waals surface area contributed by atoms with Crippen LogP contribution in [0.4, 0.5) is 0 Å². The molecule has 3 rings (SSSR count). The first-order chi connectivity index (χ1) is 18.4. The molecule has 214 valence electrons. The number of rotatable bonds is 1. The summed E-state index contributed by atoms with van der Waals surface area (Å²) < 4.78 is 0. The number of hydrogen-bond donors (Lipinski definition) is 4. The van der Waals surface area contributed by atoms with Gasteiger partial charge in [-0.15, -0.1) is 0 Å². The van der Waals surface area contributed by atoms with E-state index >= 15 is 0 Å². The first-order valence-electron chi connectivity index (χ1n) is 14.1. The van der Waals surface area contributed by atoms with Crippen molar-refractivity contribution in [3.8, 4) is 0 Å². The number of benzene rings is 1. The molecule has 0 aliphatic carbocycles. The van der Waals surface area contributed by atoms with Crippen molar-refractivity contribution in [1.29, 1.82) is 0 Å². The minimum absolute atomic E-state index is 0.112. The predicted octanol–water partition coefficient (Wildman–Crippen LogP) is 3.23. The molecule has 2 aliphatic heterocycles. The zero-order chi connectivity index (χ0) is 28.7. The average molecular weight is 540 g/mol. The van der Waals surface area contributed by atoms with Gasteiger partial charge in [0.05, 0.1) is 6.04 Å². The highest BCUT2D eigenvalue weighted by Gasteiger charge is 2.33. The van der Waals surface area contributed by atoms with Crippen LogP contribution in [-0.4, -0.2) is 53.3 Å². The smallest absolute Gasteiger partial charge is 0.258 e. The third-order valence-corrected chi connectivity index (χ3v) is 7.54. The summed E-state index contributed by atoms with van der Waals surface area (Å²) in [7, 11) is 0. The van der Waals surface area contributed by atoms with Gasteiger partial charge in [-0.1, -0.05) is 58.0 Å². The van der Waals surface area contributed by atoms with E-state index in [1.165, 1.54) is 5.01 Å². The van der Waals surface area contributed by atoms with Crippen LogP contribution in [0, 0.1) is 11.3 Å². The lowest BCUT2D eigenvalue weighted by atomic mass is 9.84. The Morgan fingerprint density at radius 2 is 1.69 bits per heavy atom. The summed E-state index contributed by atoms with van der Waals surface area (Å²) in [5, 5.41) is 10.1. The van der Waals surface area contributed by atoms with Crippen molar-refractivity contribution in [2.75, 3.05) is 6.54 Å². The van der Waals surface area contributed by atoms with Crippen LogP contribution in [0.15, 0.2) is 30.3 Å². The number of nitrogens with one attached hydrogen (secondary N) is 4. The third-order valence-electron chi connectivity index (χ3n) is 7.54. The van der Waals surface area contributed by atoms with Crippen molar-refractivity contribution in [1.82, 2.24) is 26.4 Å². The maximum absolute atomic E-state index is 13.2. The molecule has 4 N–H and O–H groups in total. The highest BCUT2D eigenvalue weighted by Crippen LogP contribution is 2.28. The zero-order valence-corrected chi connectivity index (χ0v) is 24.2. The number of carbonyl (C=O) groups excluding carboxylic acids is 4. The number of hydrogen-bond acceptors (Lipinski definition) is 5. The monoisotopic (exact) mass is 539 g/mol. The quantitative estimate of drug-likeness (QED) is 0.437. The third kappa shape index (κ3) is 8.65. The molecular weight excluding hydrogens is 494 g/mol. The van der Waals surface area contributed by atoms with Crippen LogP contribution >= 0.6 is 0 Å². The van der Waals surface area contributed by atoms with Crippen molar-refractivity contribution >= 4 is 29.7 Å². The Labute approximate surface area is 232 Å². The van der Waals surface area contributed by atoms with E-state index in [-0.39, 0.29) is 35.1 Å². The van der Waals surface area contributed by atoms with Gasteiger partial charge in [0.15, 0.2) is 0 Å². The second-order valence-electron chi connectivity index (χ2n) is 12.0. The fraction of sp³-hybridized carbons (Fsp3) is 0.600. The molecule has 1 fully saturated rings.